The third kappa shape index (κ3) is 3.52. The van der Waals surface area contributed by atoms with Gasteiger partial charge in [-0.25, -0.2) is 0 Å². The highest BCUT2D eigenvalue weighted by Crippen LogP contribution is 2.22. The topological polar surface area (TPSA) is 17.0 Å². The molecule has 0 atom stereocenters. The molecule has 0 radical (unpaired) electrons. The first kappa shape index (κ1) is 12.5. The SMILES string of the molecule is Cc1ccc(C)n1NCC1CCCCCCC1. The van der Waals surface area contributed by atoms with Crippen molar-refractivity contribution in [1.82, 2.24) is 4.68 Å². The molecule has 0 aromatic carbocycles. The van der Waals surface area contributed by atoms with Crippen LogP contribution in [0.2, 0.25) is 0 Å². The van der Waals surface area contributed by atoms with Gasteiger partial charge in [0.25, 0.3) is 0 Å². The molecule has 2 heteroatoms. The molecule has 0 saturated heterocycles. The lowest BCUT2D eigenvalue weighted by atomic mass is 9.91. The molecule has 1 aliphatic rings. The van der Waals surface area contributed by atoms with Crippen LogP contribution in [0, 0.1) is 19.8 Å². The molecule has 96 valence electrons. The fourth-order valence-corrected chi connectivity index (χ4v) is 2.88. The lowest BCUT2D eigenvalue weighted by Crippen LogP contribution is -2.24. The second kappa shape index (κ2) is 6.13. The van der Waals surface area contributed by atoms with Crippen molar-refractivity contribution in [2.75, 3.05) is 12.0 Å². The molecule has 1 saturated carbocycles. The molecule has 0 bridgehead atoms. The molecule has 17 heavy (non-hydrogen) atoms. The van der Waals surface area contributed by atoms with Gasteiger partial charge in [-0.3, -0.25) is 4.68 Å². The monoisotopic (exact) mass is 234 g/mol. The molecule has 1 N–H and O–H groups in total. The maximum absolute atomic E-state index is 3.60. The Morgan fingerprint density at radius 1 is 1.00 bits per heavy atom. The summed E-state index contributed by atoms with van der Waals surface area (Å²) < 4.78 is 2.23. The molecule has 1 aromatic rings. The molecule has 0 aliphatic heterocycles. The quantitative estimate of drug-likeness (QED) is 0.836. The van der Waals surface area contributed by atoms with Gasteiger partial charge in [-0.1, -0.05) is 32.1 Å². The van der Waals surface area contributed by atoms with E-state index in [9.17, 15) is 0 Å². The average Bonchev–Trinajstić information content (AvgIpc) is 2.58. The van der Waals surface area contributed by atoms with E-state index in [0.717, 1.165) is 12.5 Å². The number of hydrogen-bond donors (Lipinski definition) is 1. The molecule has 0 unspecified atom stereocenters. The Bertz CT molecular complexity index is 313. The van der Waals surface area contributed by atoms with E-state index in [4.69, 9.17) is 0 Å². The molecule has 1 heterocycles. The van der Waals surface area contributed by atoms with E-state index in [2.05, 4.69) is 36.1 Å². The normalized spacial score (nSPS) is 18.7. The van der Waals surface area contributed by atoms with Crippen molar-refractivity contribution in [1.29, 1.82) is 0 Å². The van der Waals surface area contributed by atoms with Crippen molar-refractivity contribution >= 4 is 0 Å². The zero-order valence-corrected chi connectivity index (χ0v) is 11.3. The predicted molar refractivity (Wildman–Crippen MR) is 73.9 cm³/mol. The van der Waals surface area contributed by atoms with Gasteiger partial charge < -0.3 is 5.43 Å². The summed E-state index contributed by atoms with van der Waals surface area (Å²) in [6, 6.07) is 4.36. The summed E-state index contributed by atoms with van der Waals surface area (Å²) in [6.07, 6.45) is 10.0. The summed E-state index contributed by atoms with van der Waals surface area (Å²) in [5, 5.41) is 0. The number of nitrogens with one attached hydrogen (secondary N) is 1. The summed E-state index contributed by atoms with van der Waals surface area (Å²) in [6.45, 7) is 5.46. The molecular weight excluding hydrogens is 208 g/mol. The van der Waals surface area contributed by atoms with Gasteiger partial charge >= 0.3 is 0 Å². The minimum absolute atomic E-state index is 0.872. The van der Waals surface area contributed by atoms with Crippen molar-refractivity contribution < 1.29 is 0 Å². The van der Waals surface area contributed by atoms with Gasteiger partial charge in [-0.15, -0.1) is 0 Å². The van der Waals surface area contributed by atoms with Gasteiger partial charge in [0, 0.05) is 17.9 Å². The van der Waals surface area contributed by atoms with E-state index in [1.165, 1.54) is 56.3 Å². The van der Waals surface area contributed by atoms with E-state index >= 15 is 0 Å². The minimum Gasteiger partial charge on any atom is -0.326 e. The molecule has 0 amide bonds. The first-order valence-corrected chi connectivity index (χ1v) is 7.16. The smallest absolute Gasteiger partial charge is 0.0366 e. The third-order valence-electron chi connectivity index (χ3n) is 4.03. The second-order valence-electron chi connectivity index (χ2n) is 5.52. The number of aryl methyl sites for hydroxylation is 2. The molecule has 1 aromatic heterocycles. The van der Waals surface area contributed by atoms with Gasteiger partial charge in [-0.05, 0) is 44.7 Å². The number of nitrogens with zero attached hydrogens (tertiary/aromatic N) is 1. The Labute approximate surface area is 105 Å². The zero-order chi connectivity index (χ0) is 12.1. The fourth-order valence-electron chi connectivity index (χ4n) is 2.88. The highest BCUT2D eigenvalue weighted by Gasteiger charge is 2.11. The Hall–Kier alpha value is -0.920. The van der Waals surface area contributed by atoms with Crippen LogP contribution in [-0.4, -0.2) is 11.2 Å². The van der Waals surface area contributed by atoms with Crippen LogP contribution in [0.25, 0.3) is 0 Å². The van der Waals surface area contributed by atoms with Gasteiger partial charge in [0.1, 0.15) is 0 Å². The summed E-state index contributed by atoms with van der Waals surface area (Å²) in [7, 11) is 0. The average molecular weight is 234 g/mol. The van der Waals surface area contributed by atoms with E-state index in [-0.39, 0.29) is 0 Å². The van der Waals surface area contributed by atoms with E-state index in [1.54, 1.807) is 0 Å². The van der Waals surface area contributed by atoms with Crippen molar-refractivity contribution in [2.45, 2.75) is 58.8 Å². The maximum atomic E-state index is 3.60. The maximum Gasteiger partial charge on any atom is 0.0366 e. The van der Waals surface area contributed by atoms with Crippen molar-refractivity contribution in [3.8, 4) is 0 Å². The largest absolute Gasteiger partial charge is 0.326 e. The lowest BCUT2D eigenvalue weighted by Gasteiger charge is -2.22. The fraction of sp³-hybridized carbons (Fsp3) is 0.733. The van der Waals surface area contributed by atoms with Crippen LogP contribution in [0.3, 0.4) is 0 Å². The first-order chi connectivity index (χ1) is 8.27. The van der Waals surface area contributed by atoms with Crippen LogP contribution in [0.15, 0.2) is 12.1 Å². The summed E-state index contributed by atoms with van der Waals surface area (Å²) >= 11 is 0. The number of rotatable bonds is 3. The van der Waals surface area contributed by atoms with Crippen molar-refractivity contribution in [3.63, 3.8) is 0 Å². The summed E-state index contributed by atoms with van der Waals surface area (Å²) in [5.41, 5.74) is 6.22. The van der Waals surface area contributed by atoms with Crippen LogP contribution >= 0.6 is 0 Å². The van der Waals surface area contributed by atoms with E-state index < -0.39 is 0 Å². The van der Waals surface area contributed by atoms with Crippen LogP contribution in [0.1, 0.15) is 56.3 Å². The Morgan fingerprint density at radius 3 is 2.12 bits per heavy atom. The second-order valence-corrected chi connectivity index (χ2v) is 5.52. The van der Waals surface area contributed by atoms with E-state index in [0.29, 0.717) is 0 Å². The molecular formula is C15H26N2. The van der Waals surface area contributed by atoms with Gasteiger partial charge in [0.15, 0.2) is 0 Å². The van der Waals surface area contributed by atoms with Crippen LogP contribution in [0.5, 0.6) is 0 Å². The molecule has 2 rings (SSSR count). The predicted octanol–water partition coefficient (Wildman–Crippen LogP) is 4.01. The standard InChI is InChI=1S/C15H26N2/c1-13-10-11-14(2)17(13)16-12-15-8-6-4-3-5-7-9-15/h10-11,15-16H,3-9,12H2,1-2H3. The molecule has 1 aliphatic carbocycles. The minimum atomic E-state index is 0.872. The third-order valence-corrected chi connectivity index (χ3v) is 4.03. The zero-order valence-electron chi connectivity index (χ0n) is 11.3. The number of aromatic nitrogens is 1. The Morgan fingerprint density at radius 2 is 1.53 bits per heavy atom. The Balaban J connectivity index is 1.84. The van der Waals surface area contributed by atoms with Crippen LogP contribution in [-0.2, 0) is 0 Å². The van der Waals surface area contributed by atoms with Crippen LogP contribution < -0.4 is 5.43 Å². The van der Waals surface area contributed by atoms with Gasteiger partial charge in [0.2, 0.25) is 0 Å². The van der Waals surface area contributed by atoms with Crippen LogP contribution in [0.4, 0.5) is 0 Å². The number of hydrogen-bond acceptors (Lipinski definition) is 1. The highest BCUT2D eigenvalue weighted by molar-refractivity contribution is 5.15. The van der Waals surface area contributed by atoms with Crippen molar-refractivity contribution in [2.24, 2.45) is 5.92 Å². The first-order valence-electron chi connectivity index (χ1n) is 7.16. The molecule has 1 fully saturated rings. The van der Waals surface area contributed by atoms with Gasteiger partial charge in [0.05, 0.1) is 0 Å². The lowest BCUT2D eigenvalue weighted by molar-refractivity contribution is 0.384. The molecule has 0 spiro atoms. The van der Waals surface area contributed by atoms with Crippen molar-refractivity contribution in [3.05, 3.63) is 23.5 Å². The molecule has 2 nitrogen and oxygen atoms in total. The summed E-state index contributed by atoms with van der Waals surface area (Å²) in [4.78, 5) is 0. The summed E-state index contributed by atoms with van der Waals surface area (Å²) in [5.74, 6) is 0.872. The van der Waals surface area contributed by atoms with Gasteiger partial charge in [-0.2, -0.15) is 0 Å². The Kier molecular flexibility index (Phi) is 4.52. The highest BCUT2D eigenvalue weighted by atomic mass is 15.4. The van der Waals surface area contributed by atoms with E-state index in [1.807, 2.05) is 0 Å².